The second kappa shape index (κ2) is 17.4. The van der Waals surface area contributed by atoms with Gasteiger partial charge in [0.15, 0.2) is 11.6 Å². The average molecular weight is 695 g/mol. The molecule has 0 atom stereocenters. The number of ether oxygens (including phenoxy) is 2. The molecule has 0 aliphatic carbocycles. The van der Waals surface area contributed by atoms with Crippen LogP contribution in [0.2, 0.25) is 10.0 Å². The summed E-state index contributed by atoms with van der Waals surface area (Å²) in [5.41, 5.74) is 8.62. The second-order valence-corrected chi connectivity index (χ2v) is 10.5. The van der Waals surface area contributed by atoms with E-state index in [0.29, 0.717) is 22.2 Å². The van der Waals surface area contributed by atoms with Crippen LogP contribution in [-0.4, -0.2) is 34.2 Å². The Morgan fingerprint density at radius 2 is 1.40 bits per heavy atom. The van der Waals surface area contributed by atoms with Crippen molar-refractivity contribution < 1.29 is 18.3 Å². The number of methoxy groups -OCH3 is 2. The third-order valence-electron chi connectivity index (χ3n) is 6.50. The molecule has 0 saturated carbocycles. The van der Waals surface area contributed by atoms with E-state index in [0.717, 1.165) is 28.0 Å². The molecule has 0 fully saturated rings. The zero-order valence-electron chi connectivity index (χ0n) is 26.5. The zero-order chi connectivity index (χ0) is 35.4. The molecule has 10 nitrogen and oxygen atoms in total. The van der Waals surface area contributed by atoms with E-state index in [9.17, 15) is 13.6 Å². The Balaban J connectivity index is 0.000000205. The van der Waals surface area contributed by atoms with Crippen molar-refractivity contribution >= 4 is 62.2 Å². The van der Waals surface area contributed by atoms with Gasteiger partial charge >= 0.3 is 0 Å². The fourth-order valence-corrected chi connectivity index (χ4v) is 4.54. The first-order valence-electron chi connectivity index (χ1n) is 14.0. The Labute approximate surface area is 285 Å². The number of aryl methyl sites for hydroxylation is 2. The summed E-state index contributed by atoms with van der Waals surface area (Å²) < 4.78 is 36.9. The van der Waals surface area contributed by atoms with Gasteiger partial charge in [-0.1, -0.05) is 35.3 Å². The van der Waals surface area contributed by atoms with E-state index in [1.165, 1.54) is 37.8 Å². The number of H-pyrrole nitrogens is 1. The topological polar surface area (TPSA) is 152 Å². The van der Waals surface area contributed by atoms with Crippen molar-refractivity contribution in [2.75, 3.05) is 25.3 Å². The van der Waals surface area contributed by atoms with Crippen LogP contribution in [-0.2, 0) is 0 Å². The number of nitrogens with two attached hydrogens (primary N) is 1. The maximum atomic E-state index is 14.0. The highest BCUT2D eigenvalue weighted by molar-refractivity contribution is 6.31. The fraction of sp³-hybridized carbons (Fsp3) is 0.147. The number of hydrogen-bond acceptors (Lipinski definition) is 9. The minimum Gasteiger partial charge on any atom is -0.496 e. The number of aromatic nitrogens is 4. The number of halogens is 4. The summed E-state index contributed by atoms with van der Waals surface area (Å²) in [4.78, 5) is 26.4. The number of fused-ring (bicyclic) bond motifs is 2. The fourth-order valence-electron chi connectivity index (χ4n) is 4.18. The second-order valence-electron chi connectivity index (χ2n) is 9.72. The molecule has 4 N–H and O–H groups in total. The molecule has 0 aliphatic heterocycles. The van der Waals surface area contributed by atoms with Crippen molar-refractivity contribution in [2.45, 2.75) is 20.8 Å². The van der Waals surface area contributed by atoms with Gasteiger partial charge in [-0.15, -0.1) is 0 Å². The van der Waals surface area contributed by atoms with Crippen molar-refractivity contribution in [2.24, 2.45) is 0 Å². The average Bonchev–Trinajstić information content (AvgIpc) is 3.07. The van der Waals surface area contributed by atoms with E-state index < -0.39 is 11.6 Å². The monoisotopic (exact) mass is 693 g/mol. The van der Waals surface area contributed by atoms with Gasteiger partial charge in [0.2, 0.25) is 0 Å². The van der Waals surface area contributed by atoms with Crippen LogP contribution in [0.5, 0.6) is 11.5 Å². The van der Waals surface area contributed by atoms with Gasteiger partial charge in [-0.3, -0.25) is 4.79 Å². The molecule has 2 aromatic heterocycles. The molecule has 0 aliphatic rings. The number of nitrogens with one attached hydrogen (secondary N) is 2. The Morgan fingerprint density at radius 1 is 0.854 bits per heavy atom. The van der Waals surface area contributed by atoms with Crippen LogP contribution in [0, 0.1) is 36.8 Å². The predicted octanol–water partition coefficient (Wildman–Crippen LogP) is 8.31. The molecule has 6 aromatic rings. The van der Waals surface area contributed by atoms with E-state index >= 15 is 0 Å². The SMILES string of the molecule is CC#N.COc1cc2nc[nH]c(=O)c2cc1C.COc1cc2ncnc(Nc3cccc(Cl)c3F)c2cc1C.Nc1cccc(Cl)c1F. The van der Waals surface area contributed by atoms with Crippen LogP contribution in [0.25, 0.3) is 21.8 Å². The van der Waals surface area contributed by atoms with Gasteiger partial charge < -0.3 is 25.5 Å². The highest BCUT2D eigenvalue weighted by atomic mass is 35.5. The van der Waals surface area contributed by atoms with Crippen LogP contribution in [0.4, 0.5) is 26.0 Å². The molecule has 6 rings (SSSR count). The highest BCUT2D eigenvalue weighted by Gasteiger charge is 2.12. The predicted molar refractivity (Wildman–Crippen MR) is 186 cm³/mol. The summed E-state index contributed by atoms with van der Waals surface area (Å²) >= 11 is 11.2. The normalized spacial score (nSPS) is 9.92. The first-order valence-corrected chi connectivity index (χ1v) is 14.7. The van der Waals surface area contributed by atoms with Gasteiger partial charge in [-0.25, -0.2) is 23.7 Å². The largest absolute Gasteiger partial charge is 0.496 e. The van der Waals surface area contributed by atoms with E-state index in [1.54, 1.807) is 50.6 Å². The molecule has 2 heterocycles. The van der Waals surface area contributed by atoms with Crippen molar-refractivity contribution in [1.82, 2.24) is 19.9 Å². The molecule has 248 valence electrons. The number of rotatable bonds is 4. The molecular formula is C34H31Cl2F2N7O3. The molecule has 14 heteroatoms. The van der Waals surface area contributed by atoms with Crippen molar-refractivity contribution in [3.8, 4) is 17.6 Å². The summed E-state index contributed by atoms with van der Waals surface area (Å²) in [6.45, 7) is 5.25. The lowest BCUT2D eigenvalue weighted by atomic mass is 10.1. The van der Waals surface area contributed by atoms with E-state index in [4.69, 9.17) is 43.7 Å². The molecule has 48 heavy (non-hydrogen) atoms. The van der Waals surface area contributed by atoms with Gasteiger partial charge in [-0.2, -0.15) is 5.26 Å². The zero-order valence-corrected chi connectivity index (χ0v) is 28.0. The standard InChI is InChI=1S/C16H13ClFN3O.C10H10N2O2.C6H5ClFN.C2H3N/c1-9-6-10-13(7-14(9)22-2)19-8-20-16(10)21-12-5-3-4-11(17)15(12)18;1-6-3-7-8(4-9(6)14-2)11-5-12-10(7)13;7-4-2-1-3-5(9)6(4)8;1-2-3/h3-8H,1-2H3,(H,19,20,21);3-5H,1-2H3,(H,11,12,13);1-3H,9H2;1H3. The molecule has 0 radical (unpaired) electrons. The lowest BCUT2D eigenvalue weighted by molar-refractivity contribution is 0.412. The summed E-state index contributed by atoms with van der Waals surface area (Å²) in [6, 6.07) is 18.3. The van der Waals surface area contributed by atoms with Crippen molar-refractivity contribution in [3.63, 3.8) is 0 Å². The Kier molecular flexibility index (Phi) is 13.4. The van der Waals surface area contributed by atoms with E-state index in [1.807, 2.05) is 26.0 Å². The Bertz CT molecular complexity index is 2120. The van der Waals surface area contributed by atoms with E-state index in [-0.39, 0.29) is 27.0 Å². The summed E-state index contributed by atoms with van der Waals surface area (Å²) in [6.07, 6.45) is 2.81. The number of benzene rings is 4. The van der Waals surface area contributed by atoms with Crippen LogP contribution in [0.3, 0.4) is 0 Å². The number of nitrogens with zero attached hydrogens (tertiary/aromatic N) is 4. The Hall–Kier alpha value is -5.51. The lowest BCUT2D eigenvalue weighted by Crippen LogP contribution is -2.06. The quantitative estimate of drug-likeness (QED) is 0.155. The summed E-state index contributed by atoms with van der Waals surface area (Å²) in [5, 5.41) is 11.8. The van der Waals surface area contributed by atoms with Crippen LogP contribution < -0.4 is 26.1 Å². The van der Waals surface area contributed by atoms with Crippen LogP contribution in [0.1, 0.15) is 18.1 Å². The maximum absolute atomic E-state index is 14.0. The molecule has 0 saturated heterocycles. The lowest BCUT2D eigenvalue weighted by Gasteiger charge is -2.11. The van der Waals surface area contributed by atoms with Gasteiger partial charge in [0.1, 0.15) is 23.6 Å². The first kappa shape index (κ1) is 37.0. The Morgan fingerprint density at radius 3 is 1.96 bits per heavy atom. The molecular weight excluding hydrogens is 663 g/mol. The number of anilines is 3. The molecule has 0 spiro atoms. The van der Waals surface area contributed by atoms with Crippen molar-refractivity contribution in [3.05, 3.63) is 116 Å². The number of nitriles is 1. The molecule has 0 unspecified atom stereocenters. The third-order valence-corrected chi connectivity index (χ3v) is 7.08. The van der Waals surface area contributed by atoms with Gasteiger partial charge in [0.05, 0.1) is 64.5 Å². The third kappa shape index (κ3) is 9.28. The van der Waals surface area contributed by atoms with Crippen molar-refractivity contribution in [1.29, 1.82) is 5.26 Å². The number of hydrogen-bond donors (Lipinski definition) is 3. The molecule has 0 amide bonds. The first-order chi connectivity index (χ1) is 22.9. The highest BCUT2D eigenvalue weighted by Crippen LogP contribution is 2.31. The summed E-state index contributed by atoms with van der Waals surface area (Å²) in [5.74, 6) is 0.943. The van der Waals surface area contributed by atoms with Gasteiger partial charge in [0.25, 0.3) is 5.56 Å². The smallest absolute Gasteiger partial charge is 0.258 e. The molecule has 4 aromatic carbocycles. The summed E-state index contributed by atoms with van der Waals surface area (Å²) in [7, 11) is 3.21. The van der Waals surface area contributed by atoms with Crippen LogP contribution >= 0.6 is 23.2 Å². The maximum Gasteiger partial charge on any atom is 0.258 e. The minimum atomic E-state index is -0.542. The van der Waals surface area contributed by atoms with Gasteiger partial charge in [0, 0.05) is 24.4 Å². The van der Waals surface area contributed by atoms with Gasteiger partial charge in [-0.05, 0) is 61.4 Å². The minimum absolute atomic E-state index is 0.0567. The number of aromatic amines is 1. The number of nitrogen functional groups attached to an aromatic ring is 1. The van der Waals surface area contributed by atoms with E-state index in [2.05, 4.69) is 25.3 Å². The molecule has 0 bridgehead atoms. The van der Waals surface area contributed by atoms with Crippen LogP contribution in [0.15, 0.2) is 78.1 Å².